The fourth-order valence-electron chi connectivity index (χ4n) is 1.49. The molecule has 0 heterocycles. The highest BCUT2D eigenvalue weighted by Crippen LogP contribution is 2.11. The normalized spacial score (nSPS) is 10.1. The number of hydrogen-bond donors (Lipinski definition) is 1. The first-order valence-electron chi connectivity index (χ1n) is 6.37. The highest BCUT2D eigenvalue weighted by molar-refractivity contribution is 5.75. The highest BCUT2D eigenvalue weighted by atomic mass is 19.1. The maximum absolute atomic E-state index is 12.6. The monoisotopic (exact) mass is 253 g/mol. The van der Waals surface area contributed by atoms with E-state index in [9.17, 15) is 9.18 Å². The van der Waals surface area contributed by atoms with E-state index in [0.29, 0.717) is 25.3 Å². The molecule has 100 valence electrons. The highest BCUT2D eigenvalue weighted by Gasteiger charge is 1.98. The maximum atomic E-state index is 12.6. The van der Waals surface area contributed by atoms with E-state index in [1.807, 2.05) is 6.92 Å². The molecule has 1 aromatic carbocycles. The fourth-order valence-corrected chi connectivity index (χ4v) is 1.49. The maximum Gasteiger partial charge on any atom is 0.219 e. The van der Waals surface area contributed by atoms with Gasteiger partial charge in [-0.2, -0.15) is 0 Å². The van der Waals surface area contributed by atoms with Gasteiger partial charge in [-0.1, -0.05) is 6.92 Å². The minimum Gasteiger partial charge on any atom is -0.494 e. The van der Waals surface area contributed by atoms with Crippen LogP contribution in [-0.4, -0.2) is 19.1 Å². The van der Waals surface area contributed by atoms with Crippen molar-refractivity contribution in [1.29, 1.82) is 0 Å². The zero-order valence-electron chi connectivity index (χ0n) is 10.7. The number of unbranched alkanes of at least 4 members (excludes halogenated alkanes) is 1. The van der Waals surface area contributed by atoms with Crippen molar-refractivity contribution >= 4 is 5.91 Å². The van der Waals surface area contributed by atoms with Crippen molar-refractivity contribution in [3.05, 3.63) is 30.1 Å². The molecule has 0 aromatic heterocycles. The first kappa shape index (κ1) is 14.5. The van der Waals surface area contributed by atoms with Crippen molar-refractivity contribution in [3.8, 4) is 5.75 Å². The van der Waals surface area contributed by atoms with Crippen molar-refractivity contribution in [2.75, 3.05) is 13.2 Å². The SMILES string of the molecule is CCCC(=O)NCCCCOc1ccc(F)cc1. The van der Waals surface area contributed by atoms with Crippen LogP contribution in [0.3, 0.4) is 0 Å². The van der Waals surface area contributed by atoms with E-state index in [-0.39, 0.29) is 11.7 Å². The average molecular weight is 253 g/mol. The van der Waals surface area contributed by atoms with Crippen LogP contribution in [0.2, 0.25) is 0 Å². The number of hydrogen-bond acceptors (Lipinski definition) is 2. The zero-order chi connectivity index (χ0) is 13.2. The van der Waals surface area contributed by atoms with Gasteiger partial charge in [-0.25, -0.2) is 4.39 Å². The topological polar surface area (TPSA) is 38.3 Å². The Bertz CT molecular complexity index is 351. The lowest BCUT2D eigenvalue weighted by atomic mass is 10.3. The summed E-state index contributed by atoms with van der Waals surface area (Å²) in [5.41, 5.74) is 0. The Balaban J connectivity index is 2.02. The van der Waals surface area contributed by atoms with Crippen LogP contribution < -0.4 is 10.1 Å². The van der Waals surface area contributed by atoms with Crippen LogP contribution in [0.15, 0.2) is 24.3 Å². The van der Waals surface area contributed by atoms with Crippen molar-refractivity contribution in [2.45, 2.75) is 32.6 Å². The van der Waals surface area contributed by atoms with Crippen LogP contribution >= 0.6 is 0 Å². The summed E-state index contributed by atoms with van der Waals surface area (Å²) < 4.78 is 18.1. The minimum absolute atomic E-state index is 0.108. The average Bonchev–Trinajstić information content (AvgIpc) is 2.36. The molecule has 4 heteroatoms. The molecular weight excluding hydrogens is 233 g/mol. The second kappa shape index (κ2) is 8.50. The van der Waals surface area contributed by atoms with E-state index in [4.69, 9.17) is 4.74 Å². The van der Waals surface area contributed by atoms with Crippen molar-refractivity contribution in [2.24, 2.45) is 0 Å². The van der Waals surface area contributed by atoms with Crippen LogP contribution in [0.4, 0.5) is 4.39 Å². The van der Waals surface area contributed by atoms with Gasteiger partial charge in [0.1, 0.15) is 11.6 Å². The largest absolute Gasteiger partial charge is 0.494 e. The predicted molar refractivity (Wildman–Crippen MR) is 69.0 cm³/mol. The summed E-state index contributed by atoms with van der Waals surface area (Å²) in [6.45, 7) is 3.25. The van der Waals surface area contributed by atoms with Gasteiger partial charge in [0, 0.05) is 13.0 Å². The Labute approximate surface area is 107 Å². The molecule has 0 aliphatic carbocycles. The standard InChI is InChI=1S/C14H20FNO2/c1-2-5-14(17)16-10-3-4-11-18-13-8-6-12(15)7-9-13/h6-9H,2-5,10-11H2,1H3,(H,16,17). The van der Waals surface area contributed by atoms with Crippen LogP contribution in [-0.2, 0) is 4.79 Å². The van der Waals surface area contributed by atoms with Crippen LogP contribution in [0.1, 0.15) is 32.6 Å². The molecule has 0 spiro atoms. The van der Waals surface area contributed by atoms with Gasteiger partial charge in [-0.05, 0) is 43.5 Å². The number of amides is 1. The van der Waals surface area contributed by atoms with Crippen LogP contribution in [0.25, 0.3) is 0 Å². The van der Waals surface area contributed by atoms with E-state index in [1.54, 1.807) is 12.1 Å². The molecule has 1 amide bonds. The molecule has 1 N–H and O–H groups in total. The lowest BCUT2D eigenvalue weighted by Crippen LogP contribution is -2.24. The van der Waals surface area contributed by atoms with Crippen LogP contribution in [0, 0.1) is 5.82 Å². The third-order valence-corrected chi connectivity index (χ3v) is 2.45. The Kier molecular flexibility index (Phi) is 6.84. The molecule has 18 heavy (non-hydrogen) atoms. The van der Waals surface area contributed by atoms with Crippen LogP contribution in [0.5, 0.6) is 5.75 Å². The van der Waals surface area contributed by atoms with E-state index in [0.717, 1.165) is 19.3 Å². The zero-order valence-corrected chi connectivity index (χ0v) is 10.7. The summed E-state index contributed by atoms with van der Waals surface area (Å²) >= 11 is 0. The number of carbonyl (C=O) groups is 1. The number of halogens is 1. The van der Waals surface area contributed by atoms with Gasteiger partial charge in [0.05, 0.1) is 6.61 Å². The van der Waals surface area contributed by atoms with E-state index in [1.165, 1.54) is 12.1 Å². The molecule has 0 bridgehead atoms. The molecule has 3 nitrogen and oxygen atoms in total. The van der Waals surface area contributed by atoms with Gasteiger partial charge < -0.3 is 10.1 Å². The quantitative estimate of drug-likeness (QED) is 0.723. The molecule has 0 aliphatic rings. The molecule has 1 rings (SSSR count). The molecule has 0 unspecified atom stereocenters. The van der Waals surface area contributed by atoms with Gasteiger partial charge in [0.15, 0.2) is 0 Å². The van der Waals surface area contributed by atoms with E-state index in [2.05, 4.69) is 5.32 Å². The van der Waals surface area contributed by atoms with Crippen molar-refractivity contribution < 1.29 is 13.9 Å². The number of carbonyl (C=O) groups excluding carboxylic acids is 1. The first-order valence-corrected chi connectivity index (χ1v) is 6.37. The van der Waals surface area contributed by atoms with Gasteiger partial charge in [0.25, 0.3) is 0 Å². The Morgan fingerprint density at radius 1 is 1.28 bits per heavy atom. The third-order valence-electron chi connectivity index (χ3n) is 2.45. The molecule has 1 aromatic rings. The molecule has 0 radical (unpaired) electrons. The van der Waals surface area contributed by atoms with Gasteiger partial charge in [-0.3, -0.25) is 4.79 Å². The van der Waals surface area contributed by atoms with Gasteiger partial charge in [-0.15, -0.1) is 0 Å². The lowest BCUT2D eigenvalue weighted by Gasteiger charge is -2.06. The molecule has 0 aliphatic heterocycles. The van der Waals surface area contributed by atoms with Gasteiger partial charge in [0.2, 0.25) is 5.91 Å². The molecule has 0 atom stereocenters. The molecule has 0 fully saturated rings. The Morgan fingerprint density at radius 3 is 2.67 bits per heavy atom. The summed E-state index contributed by atoms with van der Waals surface area (Å²) in [7, 11) is 0. The van der Waals surface area contributed by atoms with E-state index >= 15 is 0 Å². The Hall–Kier alpha value is -1.58. The summed E-state index contributed by atoms with van der Waals surface area (Å²) in [5, 5.41) is 2.85. The summed E-state index contributed by atoms with van der Waals surface area (Å²) in [5.74, 6) is 0.518. The molecule has 0 saturated heterocycles. The molecule has 0 saturated carbocycles. The smallest absolute Gasteiger partial charge is 0.219 e. The molecular formula is C14H20FNO2. The summed E-state index contributed by atoms with van der Waals surface area (Å²) in [6.07, 6.45) is 3.21. The summed E-state index contributed by atoms with van der Waals surface area (Å²) in [6, 6.07) is 5.97. The summed E-state index contributed by atoms with van der Waals surface area (Å²) in [4.78, 5) is 11.2. The number of nitrogens with one attached hydrogen (secondary N) is 1. The van der Waals surface area contributed by atoms with E-state index < -0.39 is 0 Å². The minimum atomic E-state index is -0.263. The second-order valence-electron chi connectivity index (χ2n) is 4.11. The second-order valence-corrected chi connectivity index (χ2v) is 4.11. The number of benzene rings is 1. The number of ether oxygens (including phenoxy) is 1. The third kappa shape index (κ3) is 6.23. The first-order chi connectivity index (χ1) is 8.72. The lowest BCUT2D eigenvalue weighted by molar-refractivity contribution is -0.121. The fraction of sp³-hybridized carbons (Fsp3) is 0.500. The van der Waals surface area contributed by atoms with Crippen molar-refractivity contribution in [1.82, 2.24) is 5.32 Å². The number of rotatable bonds is 8. The Morgan fingerprint density at radius 2 is 2.00 bits per heavy atom. The van der Waals surface area contributed by atoms with Gasteiger partial charge >= 0.3 is 0 Å². The van der Waals surface area contributed by atoms with Crippen molar-refractivity contribution in [3.63, 3.8) is 0 Å². The predicted octanol–water partition coefficient (Wildman–Crippen LogP) is 2.90.